The Morgan fingerprint density at radius 3 is 3.19 bits per heavy atom. The number of hydrogen-bond acceptors (Lipinski definition) is 5. The molecule has 1 aliphatic rings. The van der Waals surface area contributed by atoms with Crippen molar-refractivity contribution in [2.24, 2.45) is 0 Å². The number of rotatable bonds is 5. The summed E-state index contributed by atoms with van der Waals surface area (Å²) in [6.07, 6.45) is 4.17. The SMILES string of the molecule is CC1(Cn2c(SCC(=O)O)nc3cccnc32)CCCS1. The molecular weight excluding hydrogens is 306 g/mol. The molecule has 3 rings (SSSR count). The molecule has 0 saturated carbocycles. The first kappa shape index (κ1) is 14.7. The second-order valence-electron chi connectivity index (χ2n) is 5.41. The molecule has 3 heterocycles. The predicted octanol–water partition coefficient (Wildman–Crippen LogP) is 2.89. The van der Waals surface area contributed by atoms with Crippen LogP contribution in [0.5, 0.6) is 0 Å². The van der Waals surface area contributed by atoms with Crippen LogP contribution in [-0.2, 0) is 11.3 Å². The molecule has 2 aromatic rings. The number of aromatic nitrogens is 3. The summed E-state index contributed by atoms with van der Waals surface area (Å²) >= 11 is 3.25. The van der Waals surface area contributed by atoms with Gasteiger partial charge in [0.05, 0.1) is 5.75 Å². The summed E-state index contributed by atoms with van der Waals surface area (Å²) in [5, 5.41) is 9.65. The Bertz CT molecular complexity index is 665. The maximum atomic E-state index is 10.8. The standard InChI is InChI=1S/C14H17N3O2S2/c1-14(5-3-7-21-14)9-17-12-10(4-2-6-15-12)16-13(17)20-8-11(18)19/h2,4,6H,3,5,7-9H2,1H3,(H,18,19). The smallest absolute Gasteiger partial charge is 0.313 e. The molecule has 5 nitrogen and oxygen atoms in total. The van der Waals surface area contributed by atoms with E-state index in [-0.39, 0.29) is 10.5 Å². The van der Waals surface area contributed by atoms with Crippen molar-refractivity contribution in [2.45, 2.75) is 36.2 Å². The lowest BCUT2D eigenvalue weighted by molar-refractivity contribution is -0.133. The molecule has 1 N–H and O–H groups in total. The minimum atomic E-state index is -0.826. The Balaban J connectivity index is 1.96. The highest BCUT2D eigenvalue weighted by Gasteiger charge is 2.31. The number of aliphatic carboxylic acids is 1. The number of hydrogen-bond donors (Lipinski definition) is 1. The van der Waals surface area contributed by atoms with Crippen molar-refractivity contribution < 1.29 is 9.90 Å². The van der Waals surface area contributed by atoms with Crippen LogP contribution < -0.4 is 0 Å². The second kappa shape index (κ2) is 5.88. The Kier molecular flexibility index (Phi) is 4.12. The molecule has 0 aromatic carbocycles. The Morgan fingerprint density at radius 1 is 1.62 bits per heavy atom. The summed E-state index contributed by atoms with van der Waals surface area (Å²) in [5.41, 5.74) is 1.68. The van der Waals surface area contributed by atoms with Crippen LogP contribution in [0.1, 0.15) is 19.8 Å². The van der Waals surface area contributed by atoms with E-state index in [2.05, 4.69) is 21.5 Å². The highest BCUT2D eigenvalue weighted by atomic mass is 32.2. The van der Waals surface area contributed by atoms with E-state index < -0.39 is 5.97 Å². The first-order valence-corrected chi connectivity index (χ1v) is 8.84. The van der Waals surface area contributed by atoms with Gasteiger partial charge in [0.15, 0.2) is 10.8 Å². The van der Waals surface area contributed by atoms with E-state index in [9.17, 15) is 4.79 Å². The molecule has 7 heteroatoms. The average molecular weight is 323 g/mol. The van der Waals surface area contributed by atoms with E-state index in [1.807, 2.05) is 23.9 Å². The maximum absolute atomic E-state index is 10.8. The molecule has 2 aromatic heterocycles. The van der Waals surface area contributed by atoms with Gasteiger partial charge in [0.25, 0.3) is 0 Å². The quantitative estimate of drug-likeness (QED) is 0.853. The molecule has 0 bridgehead atoms. The summed E-state index contributed by atoms with van der Waals surface area (Å²) in [4.78, 5) is 19.8. The molecule has 0 aliphatic carbocycles. The topological polar surface area (TPSA) is 68.0 Å². The van der Waals surface area contributed by atoms with Gasteiger partial charge in [0.2, 0.25) is 0 Å². The third-order valence-corrected chi connectivity index (χ3v) is 6.07. The average Bonchev–Trinajstić information content (AvgIpc) is 3.02. The lowest BCUT2D eigenvalue weighted by atomic mass is 10.1. The maximum Gasteiger partial charge on any atom is 0.313 e. The fourth-order valence-electron chi connectivity index (χ4n) is 2.61. The zero-order chi connectivity index (χ0) is 14.9. The Labute approximate surface area is 131 Å². The van der Waals surface area contributed by atoms with Crippen LogP contribution in [0, 0.1) is 0 Å². The summed E-state index contributed by atoms with van der Waals surface area (Å²) in [6.45, 7) is 3.10. The Hall–Kier alpha value is -1.21. The van der Waals surface area contributed by atoms with Crippen molar-refractivity contribution in [2.75, 3.05) is 11.5 Å². The zero-order valence-corrected chi connectivity index (χ0v) is 13.4. The second-order valence-corrected chi connectivity index (χ2v) is 8.04. The first-order valence-electron chi connectivity index (χ1n) is 6.87. The number of pyridine rings is 1. The zero-order valence-electron chi connectivity index (χ0n) is 11.8. The van der Waals surface area contributed by atoms with E-state index >= 15 is 0 Å². The van der Waals surface area contributed by atoms with Crippen molar-refractivity contribution in [3.63, 3.8) is 0 Å². The number of imidazole rings is 1. The van der Waals surface area contributed by atoms with E-state index in [0.717, 1.165) is 22.9 Å². The van der Waals surface area contributed by atoms with Gasteiger partial charge >= 0.3 is 5.97 Å². The van der Waals surface area contributed by atoms with Gasteiger partial charge in [-0.15, -0.1) is 0 Å². The monoisotopic (exact) mass is 323 g/mol. The van der Waals surface area contributed by atoms with Crippen LogP contribution in [0.2, 0.25) is 0 Å². The summed E-state index contributed by atoms with van der Waals surface area (Å²) < 4.78 is 2.27. The fraction of sp³-hybridized carbons (Fsp3) is 0.500. The lowest BCUT2D eigenvalue weighted by Crippen LogP contribution is -2.24. The number of carboxylic acids is 1. The Morgan fingerprint density at radius 2 is 2.48 bits per heavy atom. The van der Waals surface area contributed by atoms with Gasteiger partial charge in [-0.3, -0.25) is 4.79 Å². The van der Waals surface area contributed by atoms with E-state index in [0.29, 0.717) is 0 Å². The van der Waals surface area contributed by atoms with Crippen molar-refractivity contribution in [1.82, 2.24) is 14.5 Å². The van der Waals surface area contributed by atoms with Crippen LogP contribution in [-0.4, -0.2) is 41.9 Å². The van der Waals surface area contributed by atoms with Gasteiger partial charge in [0, 0.05) is 17.5 Å². The molecule has 1 aliphatic heterocycles. The first-order chi connectivity index (χ1) is 10.1. The minimum absolute atomic E-state index is 0.0210. The fourth-order valence-corrected chi connectivity index (χ4v) is 4.63. The molecule has 1 unspecified atom stereocenters. The molecule has 21 heavy (non-hydrogen) atoms. The summed E-state index contributed by atoms with van der Waals surface area (Å²) in [7, 11) is 0. The van der Waals surface area contributed by atoms with Crippen LogP contribution in [0.4, 0.5) is 0 Å². The highest BCUT2D eigenvalue weighted by molar-refractivity contribution is 8.00. The largest absolute Gasteiger partial charge is 0.481 e. The lowest BCUT2D eigenvalue weighted by Gasteiger charge is -2.24. The van der Waals surface area contributed by atoms with Crippen molar-refractivity contribution in [1.29, 1.82) is 0 Å². The molecule has 0 radical (unpaired) electrons. The minimum Gasteiger partial charge on any atom is -0.481 e. The molecule has 1 atom stereocenters. The summed E-state index contributed by atoms with van der Waals surface area (Å²) in [6, 6.07) is 3.78. The van der Waals surface area contributed by atoms with Gasteiger partial charge in [-0.05, 0) is 37.7 Å². The van der Waals surface area contributed by atoms with Crippen molar-refractivity contribution in [3.8, 4) is 0 Å². The number of nitrogens with zero attached hydrogens (tertiary/aromatic N) is 3. The number of thioether (sulfide) groups is 2. The van der Waals surface area contributed by atoms with E-state index in [4.69, 9.17) is 5.11 Å². The molecule has 0 spiro atoms. The third kappa shape index (κ3) is 3.18. The van der Waals surface area contributed by atoms with Gasteiger partial charge in [-0.2, -0.15) is 11.8 Å². The van der Waals surface area contributed by atoms with Crippen LogP contribution in [0.3, 0.4) is 0 Å². The molecule has 112 valence electrons. The van der Waals surface area contributed by atoms with Gasteiger partial charge in [-0.25, -0.2) is 9.97 Å². The normalized spacial score (nSPS) is 22.0. The predicted molar refractivity (Wildman–Crippen MR) is 86.0 cm³/mol. The summed E-state index contributed by atoms with van der Waals surface area (Å²) in [5.74, 6) is 0.384. The highest BCUT2D eigenvalue weighted by Crippen LogP contribution is 2.40. The molecule has 1 fully saturated rings. The van der Waals surface area contributed by atoms with Gasteiger partial charge in [0.1, 0.15) is 5.52 Å². The number of carboxylic acid groups (broad SMARTS) is 1. The van der Waals surface area contributed by atoms with Crippen LogP contribution in [0.25, 0.3) is 11.2 Å². The van der Waals surface area contributed by atoms with Gasteiger partial charge < -0.3 is 9.67 Å². The van der Waals surface area contributed by atoms with Crippen molar-refractivity contribution >= 4 is 40.7 Å². The van der Waals surface area contributed by atoms with E-state index in [1.165, 1.54) is 30.4 Å². The number of carbonyl (C=O) groups is 1. The molecule has 0 amide bonds. The van der Waals surface area contributed by atoms with Crippen molar-refractivity contribution in [3.05, 3.63) is 18.3 Å². The third-order valence-electron chi connectivity index (χ3n) is 3.59. The van der Waals surface area contributed by atoms with Crippen LogP contribution >= 0.6 is 23.5 Å². The van der Waals surface area contributed by atoms with Crippen LogP contribution in [0.15, 0.2) is 23.5 Å². The molecular formula is C14H17N3O2S2. The van der Waals surface area contributed by atoms with Gasteiger partial charge in [-0.1, -0.05) is 11.8 Å². The molecule has 1 saturated heterocycles. The number of fused-ring (bicyclic) bond motifs is 1. The van der Waals surface area contributed by atoms with E-state index in [1.54, 1.807) is 6.20 Å².